The molecule has 3 aromatic carbocycles. The fourth-order valence-corrected chi connectivity index (χ4v) is 5.12. The number of imidazole rings is 1. The van der Waals surface area contributed by atoms with Crippen LogP contribution >= 0.6 is 0 Å². The Hall–Kier alpha value is -4.05. The van der Waals surface area contributed by atoms with Gasteiger partial charge in [-0.05, 0) is 66.7 Å². The number of hydrogen-bond donors (Lipinski definition) is 0. The van der Waals surface area contributed by atoms with E-state index in [1.54, 1.807) is 44.4 Å². The lowest BCUT2D eigenvalue weighted by Crippen LogP contribution is -2.37. The van der Waals surface area contributed by atoms with E-state index >= 15 is 0 Å². The summed E-state index contributed by atoms with van der Waals surface area (Å²) >= 11 is 0. The number of amides is 1. The molecule has 0 bridgehead atoms. The van der Waals surface area contributed by atoms with E-state index < -0.39 is 15.9 Å². The van der Waals surface area contributed by atoms with E-state index in [0.717, 1.165) is 4.31 Å². The predicted molar refractivity (Wildman–Crippen MR) is 128 cm³/mol. The summed E-state index contributed by atoms with van der Waals surface area (Å²) in [5.41, 5.74) is 1.02. The molecule has 0 atom stereocenters. The van der Waals surface area contributed by atoms with E-state index in [1.807, 2.05) is 0 Å². The highest BCUT2D eigenvalue weighted by Gasteiger charge is 2.32. The Labute approximate surface area is 196 Å². The number of ether oxygens (including phenoxy) is 2. The number of rotatable bonds is 6. The molecule has 0 unspecified atom stereocenters. The Bertz CT molecular complexity index is 1530. The third kappa shape index (κ3) is 3.81. The summed E-state index contributed by atoms with van der Waals surface area (Å²) in [6.07, 6.45) is 0. The van der Waals surface area contributed by atoms with E-state index in [1.165, 1.54) is 59.8 Å². The molecular weight excluding hydrogens is 458 g/mol. The predicted octanol–water partition coefficient (Wildman–Crippen LogP) is 2.93. The molecule has 0 aliphatic heterocycles. The van der Waals surface area contributed by atoms with Crippen LogP contribution in [0, 0.1) is 0 Å². The summed E-state index contributed by atoms with van der Waals surface area (Å²) in [7, 11) is 1.80. The van der Waals surface area contributed by atoms with Gasteiger partial charge in [-0.2, -0.15) is 4.31 Å². The van der Waals surface area contributed by atoms with Gasteiger partial charge in [-0.3, -0.25) is 13.9 Å². The van der Waals surface area contributed by atoms with Crippen LogP contribution in [0.5, 0.6) is 11.5 Å². The largest absolute Gasteiger partial charge is 0.497 e. The SMILES string of the molecule is COc1ccc(C(=O)N(c2ccc(OC)cc2)S(=O)(=O)c2ccc3c(c2)n(C)c(=O)n3C)cc1. The zero-order chi connectivity index (χ0) is 24.6. The Morgan fingerprint density at radius 3 is 1.88 bits per heavy atom. The molecule has 10 heteroatoms. The molecule has 0 fully saturated rings. The number of carbonyl (C=O) groups is 1. The van der Waals surface area contributed by atoms with Gasteiger partial charge in [0.05, 0.1) is 35.8 Å². The molecule has 0 saturated carbocycles. The lowest BCUT2D eigenvalue weighted by Gasteiger charge is -2.23. The third-order valence-electron chi connectivity index (χ3n) is 5.61. The van der Waals surface area contributed by atoms with Crippen LogP contribution in [0.3, 0.4) is 0 Å². The van der Waals surface area contributed by atoms with Crippen molar-refractivity contribution in [1.29, 1.82) is 0 Å². The minimum absolute atomic E-state index is 0.126. The molecule has 34 heavy (non-hydrogen) atoms. The number of sulfonamides is 1. The highest BCUT2D eigenvalue weighted by molar-refractivity contribution is 7.93. The number of anilines is 1. The molecule has 1 heterocycles. The third-order valence-corrected chi connectivity index (χ3v) is 7.32. The number of hydrogen-bond acceptors (Lipinski definition) is 6. The first-order valence-corrected chi connectivity index (χ1v) is 11.7. The number of aromatic nitrogens is 2. The first-order valence-electron chi connectivity index (χ1n) is 10.2. The van der Waals surface area contributed by atoms with Crippen LogP contribution in [-0.2, 0) is 24.1 Å². The van der Waals surface area contributed by atoms with Crippen LogP contribution < -0.4 is 19.5 Å². The van der Waals surface area contributed by atoms with Gasteiger partial charge in [-0.25, -0.2) is 13.2 Å². The minimum atomic E-state index is -4.36. The quantitative estimate of drug-likeness (QED) is 0.420. The highest BCUT2D eigenvalue weighted by Crippen LogP contribution is 2.29. The zero-order valence-electron chi connectivity index (χ0n) is 19.1. The summed E-state index contributed by atoms with van der Waals surface area (Å²) in [5.74, 6) is 0.305. The van der Waals surface area contributed by atoms with Crippen molar-refractivity contribution in [3.63, 3.8) is 0 Å². The second kappa shape index (κ2) is 8.71. The molecule has 176 valence electrons. The number of benzene rings is 3. The number of carbonyl (C=O) groups excluding carboxylic acids is 1. The average Bonchev–Trinajstić information content (AvgIpc) is 3.08. The molecule has 0 saturated heterocycles. The zero-order valence-corrected chi connectivity index (χ0v) is 19.9. The van der Waals surface area contributed by atoms with Crippen molar-refractivity contribution in [3.8, 4) is 11.5 Å². The topological polar surface area (TPSA) is 99.8 Å². The molecule has 1 aromatic heterocycles. The molecule has 9 nitrogen and oxygen atoms in total. The summed E-state index contributed by atoms with van der Waals surface area (Å²) in [5, 5.41) is 0. The molecule has 4 rings (SSSR count). The Morgan fingerprint density at radius 2 is 1.32 bits per heavy atom. The van der Waals surface area contributed by atoms with Gasteiger partial charge in [0, 0.05) is 19.7 Å². The van der Waals surface area contributed by atoms with E-state index in [4.69, 9.17) is 9.47 Å². The molecule has 0 aliphatic rings. The Balaban J connectivity index is 1.89. The summed E-state index contributed by atoms with van der Waals surface area (Å²) in [6.45, 7) is 0. The maximum atomic E-state index is 13.8. The van der Waals surface area contributed by atoms with Gasteiger partial charge in [0.25, 0.3) is 15.9 Å². The van der Waals surface area contributed by atoms with Gasteiger partial charge in [-0.1, -0.05) is 0 Å². The smallest absolute Gasteiger partial charge is 0.328 e. The lowest BCUT2D eigenvalue weighted by atomic mass is 10.2. The van der Waals surface area contributed by atoms with Crippen LogP contribution in [0.1, 0.15) is 10.4 Å². The molecule has 1 amide bonds. The molecule has 4 aromatic rings. The summed E-state index contributed by atoms with van der Waals surface area (Å²) in [4.78, 5) is 25.7. The van der Waals surface area contributed by atoms with Crippen LogP contribution in [0.4, 0.5) is 5.69 Å². The molecule has 0 aliphatic carbocycles. The first kappa shape index (κ1) is 23.1. The fraction of sp³-hybridized carbons (Fsp3) is 0.167. The summed E-state index contributed by atoms with van der Waals surface area (Å²) < 4.78 is 41.5. The number of fused-ring (bicyclic) bond motifs is 1. The van der Waals surface area contributed by atoms with Crippen LogP contribution in [0.25, 0.3) is 11.0 Å². The van der Waals surface area contributed by atoms with Gasteiger partial charge in [0.1, 0.15) is 11.5 Å². The molecule has 0 radical (unpaired) electrons. The van der Waals surface area contributed by atoms with Crippen LogP contribution in [0.2, 0.25) is 0 Å². The van der Waals surface area contributed by atoms with Gasteiger partial charge < -0.3 is 9.47 Å². The van der Waals surface area contributed by atoms with E-state index in [-0.39, 0.29) is 21.8 Å². The maximum absolute atomic E-state index is 13.8. The summed E-state index contributed by atoms with van der Waals surface area (Å²) in [6, 6.07) is 16.6. The molecule has 0 N–H and O–H groups in total. The maximum Gasteiger partial charge on any atom is 0.328 e. The van der Waals surface area contributed by atoms with Crippen molar-refractivity contribution in [2.45, 2.75) is 4.90 Å². The second-order valence-corrected chi connectivity index (χ2v) is 9.34. The number of aryl methyl sites for hydroxylation is 2. The standard InChI is InChI=1S/C24H23N3O6S/c1-25-21-14-13-20(15-22(21)26(2)24(25)29)34(30,31)27(17-7-11-19(33-4)12-8-17)23(28)16-5-9-18(32-3)10-6-16/h5-15H,1-4H3. The van der Waals surface area contributed by atoms with Crippen molar-refractivity contribution in [2.75, 3.05) is 18.5 Å². The van der Waals surface area contributed by atoms with Gasteiger partial charge >= 0.3 is 5.69 Å². The average molecular weight is 482 g/mol. The van der Waals surface area contributed by atoms with E-state index in [0.29, 0.717) is 22.5 Å². The van der Waals surface area contributed by atoms with E-state index in [2.05, 4.69) is 0 Å². The molecular formula is C24H23N3O6S. The van der Waals surface area contributed by atoms with Crippen LogP contribution in [0.15, 0.2) is 76.4 Å². The number of methoxy groups -OCH3 is 2. The van der Waals surface area contributed by atoms with Crippen molar-refractivity contribution in [2.24, 2.45) is 14.1 Å². The Morgan fingerprint density at radius 1 is 0.794 bits per heavy atom. The van der Waals surface area contributed by atoms with Gasteiger partial charge in [0.15, 0.2) is 0 Å². The van der Waals surface area contributed by atoms with Crippen molar-refractivity contribution >= 4 is 32.7 Å². The van der Waals surface area contributed by atoms with Crippen molar-refractivity contribution < 1.29 is 22.7 Å². The normalized spacial score (nSPS) is 11.4. The minimum Gasteiger partial charge on any atom is -0.497 e. The number of nitrogens with zero attached hydrogens (tertiary/aromatic N) is 3. The van der Waals surface area contributed by atoms with Gasteiger partial charge in [-0.15, -0.1) is 0 Å². The second-order valence-electron chi connectivity index (χ2n) is 7.55. The van der Waals surface area contributed by atoms with Crippen molar-refractivity contribution in [1.82, 2.24) is 9.13 Å². The first-order chi connectivity index (χ1) is 16.2. The Kier molecular flexibility index (Phi) is 5.92. The van der Waals surface area contributed by atoms with Crippen LogP contribution in [-0.4, -0.2) is 37.7 Å². The van der Waals surface area contributed by atoms with Crippen molar-refractivity contribution in [3.05, 3.63) is 82.8 Å². The monoisotopic (exact) mass is 481 g/mol. The van der Waals surface area contributed by atoms with Gasteiger partial charge in [0.2, 0.25) is 0 Å². The lowest BCUT2D eigenvalue weighted by molar-refractivity contribution is 0.101. The highest BCUT2D eigenvalue weighted by atomic mass is 32.2. The van der Waals surface area contributed by atoms with E-state index in [9.17, 15) is 18.0 Å². The molecule has 0 spiro atoms. The fourth-order valence-electron chi connectivity index (χ4n) is 3.69.